The second-order valence-electron chi connectivity index (χ2n) is 9.13. The molecular formula is C20H38O5. The van der Waals surface area contributed by atoms with Crippen LogP contribution in [0.3, 0.4) is 0 Å². The summed E-state index contributed by atoms with van der Waals surface area (Å²) in [6.07, 6.45) is 10.2. The lowest BCUT2D eigenvalue weighted by molar-refractivity contribution is -0.545. The zero-order valence-corrected chi connectivity index (χ0v) is 17.1. The second kappa shape index (κ2) is 10.0. The van der Waals surface area contributed by atoms with Crippen molar-refractivity contribution in [3.8, 4) is 0 Å². The van der Waals surface area contributed by atoms with Crippen molar-refractivity contribution in [2.75, 3.05) is 0 Å². The first-order valence-electron chi connectivity index (χ1n) is 9.77. The van der Waals surface area contributed by atoms with Crippen molar-refractivity contribution in [2.45, 2.75) is 123 Å². The summed E-state index contributed by atoms with van der Waals surface area (Å²) in [5, 5.41) is 0. The van der Waals surface area contributed by atoms with Gasteiger partial charge in [0.1, 0.15) is 5.78 Å². The maximum Gasteiger partial charge on any atom is 0.234 e. The van der Waals surface area contributed by atoms with Gasteiger partial charge in [-0.1, -0.05) is 12.8 Å². The first-order chi connectivity index (χ1) is 11.5. The van der Waals surface area contributed by atoms with Crippen molar-refractivity contribution in [3.63, 3.8) is 0 Å². The lowest BCUT2D eigenvalue weighted by Gasteiger charge is -2.37. The van der Waals surface area contributed by atoms with E-state index in [1.54, 1.807) is 0 Å². The van der Waals surface area contributed by atoms with Crippen molar-refractivity contribution in [3.05, 3.63) is 0 Å². The summed E-state index contributed by atoms with van der Waals surface area (Å²) in [6, 6.07) is 0. The van der Waals surface area contributed by atoms with E-state index in [0.717, 1.165) is 51.4 Å². The van der Waals surface area contributed by atoms with Crippen LogP contribution in [0.15, 0.2) is 0 Å². The molecule has 0 atom stereocenters. The van der Waals surface area contributed by atoms with E-state index >= 15 is 0 Å². The molecule has 2 rings (SSSR count). The largest absolute Gasteiger partial charge is 0.300 e. The van der Waals surface area contributed by atoms with E-state index in [-0.39, 0.29) is 11.2 Å². The van der Waals surface area contributed by atoms with Crippen LogP contribution in [0.25, 0.3) is 0 Å². The molecule has 0 saturated heterocycles. The molecular weight excluding hydrogens is 320 g/mol. The monoisotopic (exact) mass is 358 g/mol. The quantitative estimate of drug-likeness (QED) is 0.369. The van der Waals surface area contributed by atoms with Gasteiger partial charge in [0.2, 0.25) is 5.79 Å². The standard InChI is InChI=1S/C14H28O4.C6H10O/c1-12(2,3)15-17-14(10-8-7-9-11-14)18-16-13(4,5)6;7-6-4-2-1-3-5-6/h7-11H2,1-6H3;1-5H2. The first-order valence-corrected chi connectivity index (χ1v) is 9.77. The summed E-state index contributed by atoms with van der Waals surface area (Å²) < 4.78 is 0. The Morgan fingerprint density at radius 3 is 1.40 bits per heavy atom. The summed E-state index contributed by atoms with van der Waals surface area (Å²) in [5.74, 6) is -0.287. The molecule has 2 saturated carbocycles. The van der Waals surface area contributed by atoms with Gasteiger partial charge in [0, 0.05) is 25.7 Å². The van der Waals surface area contributed by atoms with Gasteiger partial charge in [-0.25, -0.2) is 9.78 Å². The minimum atomic E-state index is -0.751. The Hall–Kier alpha value is -0.490. The Balaban J connectivity index is 0.000000370. The summed E-state index contributed by atoms with van der Waals surface area (Å²) >= 11 is 0. The lowest BCUT2D eigenvalue weighted by Crippen LogP contribution is -2.42. The fourth-order valence-electron chi connectivity index (χ4n) is 2.62. The molecule has 2 aliphatic rings. The maximum atomic E-state index is 10.5. The zero-order chi connectivity index (χ0) is 19.0. The molecule has 0 aromatic carbocycles. The van der Waals surface area contributed by atoms with E-state index in [9.17, 15) is 4.79 Å². The molecule has 0 heterocycles. The number of hydrogen-bond acceptors (Lipinski definition) is 5. The van der Waals surface area contributed by atoms with Crippen LogP contribution in [-0.4, -0.2) is 22.8 Å². The molecule has 148 valence electrons. The van der Waals surface area contributed by atoms with Gasteiger partial charge in [-0.3, -0.25) is 4.79 Å². The third-order valence-corrected chi connectivity index (χ3v) is 3.91. The van der Waals surface area contributed by atoms with Crippen LogP contribution in [0.5, 0.6) is 0 Å². The molecule has 0 aliphatic heterocycles. The predicted molar refractivity (Wildman–Crippen MR) is 97.8 cm³/mol. The van der Waals surface area contributed by atoms with Crippen LogP contribution in [0.1, 0.15) is 106 Å². The topological polar surface area (TPSA) is 54.0 Å². The molecule has 0 unspecified atom stereocenters. The highest BCUT2D eigenvalue weighted by Gasteiger charge is 2.39. The molecule has 0 aromatic rings. The van der Waals surface area contributed by atoms with E-state index < -0.39 is 5.79 Å². The van der Waals surface area contributed by atoms with Crippen LogP contribution in [0.2, 0.25) is 0 Å². The molecule has 2 aliphatic carbocycles. The Morgan fingerprint density at radius 1 is 0.680 bits per heavy atom. The molecule has 5 nitrogen and oxygen atoms in total. The van der Waals surface area contributed by atoms with Gasteiger partial charge in [0.05, 0.1) is 11.2 Å². The van der Waals surface area contributed by atoms with Crippen molar-refractivity contribution >= 4 is 5.78 Å². The molecule has 0 amide bonds. The van der Waals surface area contributed by atoms with Crippen LogP contribution < -0.4 is 0 Å². The summed E-state index contributed by atoms with van der Waals surface area (Å²) in [4.78, 5) is 32.5. The van der Waals surface area contributed by atoms with Gasteiger partial charge in [0.25, 0.3) is 0 Å². The number of carbonyl (C=O) groups excluding carboxylic acids is 1. The number of ketones is 1. The molecule has 2 fully saturated rings. The number of hydrogen-bond donors (Lipinski definition) is 0. The van der Waals surface area contributed by atoms with Crippen LogP contribution >= 0.6 is 0 Å². The molecule has 0 radical (unpaired) electrons. The Bertz CT molecular complexity index is 358. The molecule has 25 heavy (non-hydrogen) atoms. The summed E-state index contributed by atoms with van der Waals surface area (Å²) in [7, 11) is 0. The fourth-order valence-corrected chi connectivity index (χ4v) is 2.62. The third-order valence-electron chi connectivity index (χ3n) is 3.91. The van der Waals surface area contributed by atoms with Gasteiger partial charge < -0.3 is 0 Å². The van der Waals surface area contributed by atoms with Crippen LogP contribution in [-0.2, 0) is 24.3 Å². The van der Waals surface area contributed by atoms with Crippen molar-refractivity contribution < 1.29 is 24.3 Å². The van der Waals surface area contributed by atoms with Gasteiger partial charge in [0.15, 0.2) is 0 Å². The van der Waals surface area contributed by atoms with E-state index in [1.807, 2.05) is 41.5 Å². The second-order valence-corrected chi connectivity index (χ2v) is 9.13. The maximum absolute atomic E-state index is 10.5. The third kappa shape index (κ3) is 11.0. The van der Waals surface area contributed by atoms with E-state index in [0.29, 0.717) is 5.78 Å². The zero-order valence-electron chi connectivity index (χ0n) is 17.1. The molecule has 0 spiro atoms. The smallest absolute Gasteiger partial charge is 0.234 e. The average Bonchev–Trinajstić information content (AvgIpc) is 2.52. The lowest BCUT2D eigenvalue weighted by atomic mass is 9.94. The van der Waals surface area contributed by atoms with E-state index in [4.69, 9.17) is 19.6 Å². The highest BCUT2D eigenvalue weighted by molar-refractivity contribution is 5.78. The molecule has 5 heteroatoms. The Labute approximate surface area is 153 Å². The summed E-state index contributed by atoms with van der Waals surface area (Å²) in [6.45, 7) is 11.7. The first kappa shape index (κ1) is 22.6. The number of Topliss-reactive ketones (excluding diaryl/α,β-unsaturated/α-hetero) is 1. The van der Waals surface area contributed by atoms with E-state index in [1.165, 1.54) is 12.8 Å². The van der Waals surface area contributed by atoms with Crippen LogP contribution in [0, 0.1) is 0 Å². The fraction of sp³-hybridized carbons (Fsp3) is 0.950. The van der Waals surface area contributed by atoms with Crippen LogP contribution in [0.4, 0.5) is 0 Å². The Kier molecular flexibility index (Phi) is 9.02. The highest BCUT2D eigenvalue weighted by atomic mass is 17.3. The van der Waals surface area contributed by atoms with Crippen molar-refractivity contribution in [1.82, 2.24) is 0 Å². The molecule has 0 aromatic heterocycles. The minimum Gasteiger partial charge on any atom is -0.300 e. The number of carbonyl (C=O) groups is 1. The van der Waals surface area contributed by atoms with Gasteiger partial charge in [-0.2, -0.15) is 9.78 Å². The normalized spacial score (nSPS) is 21.4. The average molecular weight is 359 g/mol. The minimum absolute atomic E-state index is 0.352. The molecule has 0 bridgehead atoms. The van der Waals surface area contributed by atoms with Crippen molar-refractivity contribution in [1.29, 1.82) is 0 Å². The SMILES string of the molecule is CC(C)(C)OOC1(OOC(C)(C)C)CCCCC1.O=C1CCCCC1. The van der Waals surface area contributed by atoms with E-state index in [2.05, 4.69) is 0 Å². The van der Waals surface area contributed by atoms with Gasteiger partial charge in [-0.15, -0.1) is 0 Å². The summed E-state index contributed by atoms with van der Waals surface area (Å²) in [5.41, 5.74) is -0.703. The Morgan fingerprint density at radius 2 is 1.08 bits per heavy atom. The number of rotatable bonds is 4. The van der Waals surface area contributed by atoms with Gasteiger partial charge in [-0.05, 0) is 67.2 Å². The predicted octanol–water partition coefficient (Wildman–Crippen LogP) is 5.66. The van der Waals surface area contributed by atoms with Gasteiger partial charge >= 0.3 is 0 Å². The molecule has 0 N–H and O–H groups in total. The highest BCUT2D eigenvalue weighted by Crippen LogP contribution is 2.35. The van der Waals surface area contributed by atoms with Crippen molar-refractivity contribution in [2.24, 2.45) is 0 Å².